The molecule has 0 aliphatic heterocycles. The van der Waals surface area contributed by atoms with Crippen molar-refractivity contribution >= 4 is 32.1 Å². The molecule has 1 aromatic carbocycles. The molecule has 0 bridgehead atoms. The van der Waals surface area contributed by atoms with Gasteiger partial charge in [0.1, 0.15) is 0 Å². The maximum atomic E-state index is 5.65. The van der Waals surface area contributed by atoms with Crippen LogP contribution in [-0.2, 0) is 39.8 Å². The van der Waals surface area contributed by atoms with E-state index in [1.165, 1.54) is 0 Å². The fourth-order valence-corrected chi connectivity index (χ4v) is 9.96. The largest absolute Gasteiger partial charge is 0.500 e. The van der Waals surface area contributed by atoms with Gasteiger partial charge in [-0.1, -0.05) is 18.2 Å². The highest BCUT2D eigenvalue weighted by Gasteiger charge is 2.39. The molecule has 0 fully saturated rings. The highest BCUT2D eigenvalue weighted by atomic mass is 28.4. The summed E-state index contributed by atoms with van der Waals surface area (Å²) in [7, 11) is 2.64. The highest BCUT2D eigenvalue weighted by Crippen LogP contribution is 2.18. The maximum Gasteiger partial charge on any atom is 0.500 e. The summed E-state index contributed by atoms with van der Waals surface area (Å²) in [5.74, 6) is 0. The predicted octanol–water partition coefficient (Wildman–Crippen LogP) is 3.96. The third-order valence-corrected chi connectivity index (χ3v) is 14.9. The van der Waals surface area contributed by atoms with Crippen LogP contribution in [0.15, 0.2) is 30.3 Å². The zero-order valence-electron chi connectivity index (χ0n) is 27.7. The van der Waals surface area contributed by atoms with Crippen LogP contribution in [0.25, 0.3) is 0 Å². The lowest BCUT2D eigenvalue weighted by Gasteiger charge is -2.28. The van der Waals surface area contributed by atoms with Gasteiger partial charge < -0.3 is 56.6 Å². The summed E-state index contributed by atoms with van der Waals surface area (Å²) in [6.07, 6.45) is 2.73. The second kappa shape index (κ2) is 27.8. The van der Waals surface area contributed by atoms with E-state index in [2.05, 4.69) is 5.32 Å². The van der Waals surface area contributed by atoms with Crippen molar-refractivity contribution in [1.29, 1.82) is 0 Å². The summed E-state index contributed by atoms with van der Waals surface area (Å²) in [6.45, 7) is 9.97. The van der Waals surface area contributed by atoms with Gasteiger partial charge in [0.05, 0.1) is 0 Å². The molecule has 0 aliphatic rings. The third-order valence-electron chi connectivity index (χ3n) is 6.10. The van der Waals surface area contributed by atoms with Crippen molar-refractivity contribution in [3.63, 3.8) is 0 Å². The quantitative estimate of drug-likeness (QED) is 0.116. The van der Waals surface area contributed by atoms with Gasteiger partial charge in [0.2, 0.25) is 0 Å². The second-order valence-electron chi connectivity index (χ2n) is 8.75. The molecule has 0 aromatic heterocycles. The molecule has 42 heavy (non-hydrogen) atoms. The minimum atomic E-state index is -2.40. The number of anilines is 1. The molecule has 0 heterocycles. The van der Waals surface area contributed by atoms with Crippen LogP contribution in [0.3, 0.4) is 0 Å². The highest BCUT2D eigenvalue weighted by molar-refractivity contribution is 6.61. The van der Waals surface area contributed by atoms with Crippen molar-refractivity contribution < 1.29 is 39.8 Å². The molecule has 0 amide bonds. The Bertz CT molecular complexity index is 674. The minimum Gasteiger partial charge on any atom is -0.385 e. The van der Waals surface area contributed by atoms with Gasteiger partial charge in [-0.25, -0.2) is 0 Å². The number of hydrogen-bond acceptors (Lipinski definition) is 12. The van der Waals surface area contributed by atoms with E-state index in [1.54, 1.807) is 42.7 Å². The Labute approximate surface area is 259 Å². The van der Waals surface area contributed by atoms with Crippen LogP contribution in [0, 0.1) is 0 Å². The fraction of sp³-hybridized carbons (Fsp3) is 0.778. The van der Waals surface area contributed by atoms with Gasteiger partial charge in [-0.3, -0.25) is 0 Å². The van der Waals surface area contributed by atoms with E-state index >= 15 is 0 Å². The topological polar surface area (TPSA) is 147 Å². The molecule has 0 saturated carbocycles. The standard InChI is InChI=1S/C12H21NO3Si.C9H23NO3Si.C6H17NO3Si/c1-14-17(15-2,16-3)11-7-10-13-12-8-5-4-6-9-12;1-4-11-14(12-5-2,13-6-3)9-7-8-10;1-8-11(9-2,10-3)6-4-5-7/h4-6,8-9,13H,7,10-11H2,1-3H3;4-10H2,1-3H3;4-7H2,1-3H3. The number of para-hydroxylation sites is 1. The van der Waals surface area contributed by atoms with Crippen molar-refractivity contribution in [2.75, 3.05) is 87.4 Å². The van der Waals surface area contributed by atoms with Crippen LogP contribution in [0.4, 0.5) is 5.69 Å². The summed E-state index contributed by atoms with van der Waals surface area (Å²) in [6, 6.07) is 12.6. The maximum absolute atomic E-state index is 5.65. The van der Waals surface area contributed by atoms with Gasteiger partial charge in [0.15, 0.2) is 0 Å². The van der Waals surface area contributed by atoms with E-state index in [0.717, 1.165) is 49.6 Å². The minimum absolute atomic E-state index is 0.636. The van der Waals surface area contributed by atoms with Crippen LogP contribution in [0.5, 0.6) is 0 Å². The summed E-state index contributed by atoms with van der Waals surface area (Å²) in [4.78, 5) is 0. The zero-order valence-corrected chi connectivity index (χ0v) is 30.7. The van der Waals surface area contributed by atoms with Crippen LogP contribution >= 0.6 is 0 Å². The average molecular weight is 656 g/mol. The van der Waals surface area contributed by atoms with Crippen molar-refractivity contribution in [2.24, 2.45) is 11.5 Å². The van der Waals surface area contributed by atoms with Crippen LogP contribution in [0.1, 0.15) is 40.0 Å². The molecule has 0 atom stereocenters. The second-order valence-corrected chi connectivity index (χ2v) is 17.7. The molecular weight excluding hydrogens is 595 g/mol. The van der Waals surface area contributed by atoms with E-state index in [0.29, 0.717) is 32.9 Å². The summed E-state index contributed by atoms with van der Waals surface area (Å²) in [5, 5.41) is 3.35. The molecule has 1 aromatic rings. The van der Waals surface area contributed by atoms with Gasteiger partial charge in [-0.2, -0.15) is 0 Å². The summed E-state index contributed by atoms with van der Waals surface area (Å²) < 4.78 is 48.6. The van der Waals surface area contributed by atoms with E-state index in [4.69, 9.17) is 51.3 Å². The van der Waals surface area contributed by atoms with Crippen molar-refractivity contribution in [3.8, 4) is 0 Å². The van der Waals surface area contributed by atoms with Gasteiger partial charge >= 0.3 is 26.4 Å². The van der Waals surface area contributed by atoms with E-state index in [-0.39, 0.29) is 0 Å². The van der Waals surface area contributed by atoms with Crippen LogP contribution in [0.2, 0.25) is 18.1 Å². The molecular formula is C27H61N3O9Si3. The molecule has 5 N–H and O–H groups in total. The summed E-state index contributed by atoms with van der Waals surface area (Å²) in [5.41, 5.74) is 12.0. The molecule has 1 rings (SSSR count). The van der Waals surface area contributed by atoms with Gasteiger partial charge in [0.25, 0.3) is 0 Å². The number of hydrogen-bond donors (Lipinski definition) is 3. The molecule has 0 radical (unpaired) electrons. The zero-order chi connectivity index (χ0) is 32.2. The first kappa shape index (κ1) is 43.4. The lowest BCUT2D eigenvalue weighted by Crippen LogP contribution is -2.46. The van der Waals surface area contributed by atoms with Gasteiger partial charge in [-0.15, -0.1) is 0 Å². The molecule has 0 unspecified atom stereocenters. The summed E-state index contributed by atoms with van der Waals surface area (Å²) >= 11 is 0. The average Bonchev–Trinajstić information content (AvgIpc) is 3.03. The van der Waals surface area contributed by atoms with Gasteiger partial charge in [0, 0.05) is 92.8 Å². The Kier molecular flexibility index (Phi) is 28.7. The lowest BCUT2D eigenvalue weighted by atomic mass is 10.3. The first-order valence-corrected chi connectivity index (χ1v) is 20.5. The number of benzene rings is 1. The molecule has 0 aliphatic carbocycles. The van der Waals surface area contributed by atoms with Crippen molar-refractivity contribution in [1.82, 2.24) is 0 Å². The van der Waals surface area contributed by atoms with Crippen molar-refractivity contribution in [3.05, 3.63) is 30.3 Å². The number of nitrogens with one attached hydrogen (secondary N) is 1. The molecule has 250 valence electrons. The molecule has 12 nitrogen and oxygen atoms in total. The normalized spacial score (nSPS) is 11.8. The van der Waals surface area contributed by atoms with E-state index in [9.17, 15) is 0 Å². The van der Waals surface area contributed by atoms with Gasteiger partial charge in [-0.05, 0) is 65.3 Å². The Morgan fingerprint density at radius 3 is 1.24 bits per heavy atom. The van der Waals surface area contributed by atoms with E-state index in [1.807, 2.05) is 51.1 Å². The smallest absolute Gasteiger partial charge is 0.385 e. The van der Waals surface area contributed by atoms with Crippen LogP contribution in [-0.4, -0.2) is 109 Å². The first-order valence-electron chi connectivity index (χ1n) is 14.7. The monoisotopic (exact) mass is 655 g/mol. The Hall–Kier alpha value is -0.769. The predicted molar refractivity (Wildman–Crippen MR) is 176 cm³/mol. The van der Waals surface area contributed by atoms with Crippen molar-refractivity contribution in [2.45, 2.75) is 58.2 Å². The molecule has 15 heteroatoms. The van der Waals surface area contributed by atoms with E-state index < -0.39 is 26.4 Å². The number of nitrogens with two attached hydrogens (primary N) is 2. The first-order chi connectivity index (χ1) is 20.2. The van der Waals surface area contributed by atoms with Crippen LogP contribution < -0.4 is 16.8 Å². The Balaban J connectivity index is 0. The Morgan fingerprint density at radius 2 is 0.905 bits per heavy atom. The lowest BCUT2D eigenvalue weighted by molar-refractivity contribution is 0.0709. The molecule has 0 spiro atoms. The molecule has 0 saturated heterocycles. The fourth-order valence-electron chi connectivity index (χ4n) is 3.84. The third kappa shape index (κ3) is 18.8. The number of rotatable bonds is 23. The Morgan fingerprint density at radius 1 is 0.548 bits per heavy atom. The SMILES string of the molecule is CCO[Si](CCCN)(OCC)OCC.CO[Si](CCCN)(OC)OC.CO[Si](CCCNc1ccccc1)(OC)OC.